The zero-order valence-corrected chi connectivity index (χ0v) is 19.1. The van der Waals surface area contributed by atoms with Gasteiger partial charge in [-0.25, -0.2) is 0 Å². The molecule has 1 N–H and O–H groups in total. The fourth-order valence-corrected chi connectivity index (χ4v) is 4.44. The summed E-state index contributed by atoms with van der Waals surface area (Å²) < 4.78 is 1.92. The third-order valence-corrected chi connectivity index (χ3v) is 6.44. The third kappa shape index (κ3) is 4.86. The maximum atomic E-state index is 13.0. The lowest BCUT2D eigenvalue weighted by molar-refractivity contribution is 0.0793. The normalized spacial score (nSPS) is 17.1. The number of fused-ring (bicyclic) bond motifs is 1. The number of aromatic nitrogens is 2. The Morgan fingerprint density at radius 2 is 2.00 bits per heavy atom. The molecule has 1 atom stereocenters. The predicted molar refractivity (Wildman–Crippen MR) is 121 cm³/mol. The molecule has 1 aromatic carbocycles. The van der Waals surface area contributed by atoms with Crippen LogP contribution in [0.25, 0.3) is 0 Å². The van der Waals surface area contributed by atoms with Crippen LogP contribution in [0.3, 0.4) is 0 Å². The average Bonchev–Trinajstić information content (AvgIpc) is 3.00. The Labute approximate surface area is 180 Å². The summed E-state index contributed by atoms with van der Waals surface area (Å²) in [6.07, 6.45) is 5.30. The first-order valence-electron chi connectivity index (χ1n) is 11.1. The fourth-order valence-electron chi connectivity index (χ4n) is 4.44. The van der Waals surface area contributed by atoms with Crippen molar-refractivity contribution >= 4 is 11.6 Å². The molecule has 6 nitrogen and oxygen atoms in total. The number of hydrogen-bond donors (Lipinski definition) is 1. The molecule has 164 valence electrons. The van der Waals surface area contributed by atoms with Crippen LogP contribution in [0, 0.1) is 13.8 Å². The van der Waals surface area contributed by atoms with Crippen molar-refractivity contribution in [1.29, 1.82) is 0 Å². The lowest BCUT2D eigenvalue weighted by Gasteiger charge is -2.25. The van der Waals surface area contributed by atoms with E-state index in [4.69, 9.17) is 0 Å². The summed E-state index contributed by atoms with van der Waals surface area (Å²) in [5.74, 6) is 0.00663. The number of benzene rings is 1. The highest BCUT2D eigenvalue weighted by Crippen LogP contribution is 2.32. The van der Waals surface area contributed by atoms with Crippen molar-refractivity contribution in [3.63, 3.8) is 0 Å². The Balaban J connectivity index is 1.69. The van der Waals surface area contributed by atoms with E-state index in [9.17, 15) is 9.90 Å². The molecule has 0 saturated heterocycles. The number of aliphatic hydroxyl groups is 1. The highest BCUT2D eigenvalue weighted by atomic mass is 16.3. The van der Waals surface area contributed by atoms with Gasteiger partial charge in [0.1, 0.15) is 0 Å². The number of aryl methyl sites for hydroxylation is 2. The zero-order chi connectivity index (χ0) is 21.8. The summed E-state index contributed by atoms with van der Waals surface area (Å²) in [4.78, 5) is 17.0. The molecule has 2 aromatic rings. The highest BCUT2D eigenvalue weighted by Gasteiger charge is 2.21. The molecule has 1 unspecified atom stereocenters. The van der Waals surface area contributed by atoms with Crippen LogP contribution >= 0.6 is 0 Å². The van der Waals surface area contributed by atoms with Crippen molar-refractivity contribution in [2.24, 2.45) is 7.05 Å². The highest BCUT2D eigenvalue weighted by molar-refractivity contribution is 5.94. The van der Waals surface area contributed by atoms with Crippen LogP contribution in [0.5, 0.6) is 0 Å². The fraction of sp³-hybridized carbons (Fsp3) is 0.583. The molecule has 0 fully saturated rings. The first-order chi connectivity index (χ1) is 14.3. The average molecular weight is 413 g/mol. The summed E-state index contributed by atoms with van der Waals surface area (Å²) in [5.41, 5.74) is 6.10. The number of aliphatic hydroxyl groups excluding tert-OH is 1. The second-order valence-electron chi connectivity index (χ2n) is 8.66. The smallest absolute Gasteiger partial charge is 0.253 e. The van der Waals surface area contributed by atoms with Gasteiger partial charge in [-0.1, -0.05) is 12.8 Å². The minimum atomic E-state index is -0.518. The molecule has 1 amide bonds. The summed E-state index contributed by atoms with van der Waals surface area (Å²) >= 11 is 0. The molecule has 0 saturated carbocycles. The van der Waals surface area contributed by atoms with E-state index in [0.29, 0.717) is 12.1 Å². The van der Waals surface area contributed by atoms with E-state index in [1.807, 2.05) is 43.9 Å². The Hall–Kier alpha value is -2.34. The molecule has 0 aliphatic carbocycles. The van der Waals surface area contributed by atoms with E-state index >= 15 is 0 Å². The molecule has 0 bridgehead atoms. The maximum absolute atomic E-state index is 13.0. The van der Waals surface area contributed by atoms with Crippen LogP contribution < -0.4 is 4.90 Å². The van der Waals surface area contributed by atoms with Crippen LogP contribution in [0.1, 0.15) is 71.1 Å². The van der Waals surface area contributed by atoms with Gasteiger partial charge in [0.25, 0.3) is 5.91 Å². The van der Waals surface area contributed by atoms with E-state index in [1.165, 1.54) is 11.3 Å². The molecule has 0 radical (unpaired) electrons. The molecular formula is C24H36N4O2. The van der Waals surface area contributed by atoms with Crippen LogP contribution in [0.2, 0.25) is 0 Å². The number of nitrogens with zero attached hydrogens (tertiary/aromatic N) is 4. The van der Waals surface area contributed by atoms with Gasteiger partial charge in [-0.2, -0.15) is 5.10 Å². The Bertz CT molecular complexity index is 890. The van der Waals surface area contributed by atoms with Crippen molar-refractivity contribution in [3.05, 3.63) is 46.3 Å². The van der Waals surface area contributed by atoms with Gasteiger partial charge in [-0.3, -0.25) is 9.48 Å². The maximum Gasteiger partial charge on any atom is 0.253 e. The molecule has 30 heavy (non-hydrogen) atoms. The van der Waals surface area contributed by atoms with E-state index in [0.717, 1.165) is 62.0 Å². The summed E-state index contributed by atoms with van der Waals surface area (Å²) in [6.45, 7) is 5.79. The summed E-state index contributed by atoms with van der Waals surface area (Å²) in [7, 11) is 5.89. The van der Waals surface area contributed by atoms with Crippen molar-refractivity contribution < 1.29 is 9.90 Å². The first-order valence-corrected chi connectivity index (χ1v) is 11.1. The van der Waals surface area contributed by atoms with E-state index < -0.39 is 6.10 Å². The largest absolute Gasteiger partial charge is 0.388 e. The number of carbonyl (C=O) groups excluding carboxylic acids is 1. The minimum absolute atomic E-state index is 0.00663. The van der Waals surface area contributed by atoms with E-state index in [2.05, 4.69) is 24.0 Å². The summed E-state index contributed by atoms with van der Waals surface area (Å²) in [6, 6.07) is 5.79. The monoisotopic (exact) mass is 412 g/mol. The summed E-state index contributed by atoms with van der Waals surface area (Å²) in [5, 5.41) is 15.2. The van der Waals surface area contributed by atoms with Crippen LogP contribution in [0.4, 0.5) is 5.69 Å². The van der Waals surface area contributed by atoms with Gasteiger partial charge in [0.15, 0.2) is 0 Å². The van der Waals surface area contributed by atoms with Gasteiger partial charge in [0, 0.05) is 56.7 Å². The van der Waals surface area contributed by atoms with E-state index in [-0.39, 0.29) is 5.91 Å². The topological polar surface area (TPSA) is 61.6 Å². The quantitative estimate of drug-likeness (QED) is 0.812. The molecular weight excluding hydrogens is 376 g/mol. The number of anilines is 1. The van der Waals surface area contributed by atoms with E-state index in [1.54, 1.807) is 4.90 Å². The predicted octanol–water partition coefficient (Wildman–Crippen LogP) is 3.79. The standard InChI is InChI=1S/C24H36N4O2/c1-17-20(18(2)28(5)25-17)10-9-15-27(4)24(30)19-12-13-22-21(16-19)23(29)11-7-6-8-14-26(22)3/h12-13,16,23,29H,6-11,14-15H2,1-5H3. The number of rotatable bonds is 5. The Kier molecular flexibility index (Phi) is 7.19. The van der Waals surface area contributed by atoms with Gasteiger partial charge < -0.3 is 14.9 Å². The second-order valence-corrected chi connectivity index (χ2v) is 8.66. The molecule has 2 heterocycles. The number of hydrogen-bond acceptors (Lipinski definition) is 4. The van der Waals surface area contributed by atoms with Gasteiger partial charge in [-0.05, 0) is 63.3 Å². The lowest BCUT2D eigenvalue weighted by atomic mass is 9.99. The number of carbonyl (C=O) groups is 1. The van der Waals surface area contributed by atoms with Gasteiger partial charge in [0.05, 0.1) is 11.8 Å². The molecule has 6 heteroatoms. The van der Waals surface area contributed by atoms with Crippen LogP contribution in [0.15, 0.2) is 18.2 Å². The Morgan fingerprint density at radius 3 is 2.70 bits per heavy atom. The van der Waals surface area contributed by atoms with Crippen LogP contribution in [-0.4, -0.2) is 52.9 Å². The van der Waals surface area contributed by atoms with Gasteiger partial charge in [0.2, 0.25) is 0 Å². The van der Waals surface area contributed by atoms with Gasteiger partial charge >= 0.3 is 0 Å². The lowest BCUT2D eigenvalue weighted by Crippen LogP contribution is -2.28. The zero-order valence-electron chi connectivity index (χ0n) is 19.1. The first kappa shape index (κ1) is 22.3. The second kappa shape index (κ2) is 9.65. The van der Waals surface area contributed by atoms with Crippen molar-refractivity contribution in [2.45, 2.75) is 58.5 Å². The minimum Gasteiger partial charge on any atom is -0.388 e. The Morgan fingerprint density at radius 1 is 1.23 bits per heavy atom. The van der Waals surface area contributed by atoms with Crippen molar-refractivity contribution in [2.75, 3.05) is 32.1 Å². The molecule has 1 aliphatic rings. The SMILES string of the molecule is Cc1nn(C)c(C)c1CCCN(C)C(=O)c1ccc2c(c1)C(O)CCCCCN2C. The molecule has 3 rings (SSSR count). The van der Waals surface area contributed by atoms with Gasteiger partial charge in [-0.15, -0.1) is 0 Å². The van der Waals surface area contributed by atoms with Crippen LogP contribution in [-0.2, 0) is 13.5 Å². The third-order valence-electron chi connectivity index (χ3n) is 6.44. The van der Waals surface area contributed by atoms with Crippen molar-refractivity contribution in [1.82, 2.24) is 14.7 Å². The van der Waals surface area contributed by atoms with Crippen molar-refractivity contribution in [3.8, 4) is 0 Å². The molecule has 1 aliphatic heterocycles. The molecule has 1 aromatic heterocycles. The number of amides is 1. The molecule has 0 spiro atoms.